The fourth-order valence-electron chi connectivity index (χ4n) is 2.94. The Morgan fingerprint density at radius 2 is 1.83 bits per heavy atom. The van der Waals surface area contributed by atoms with Crippen molar-refractivity contribution in [1.29, 1.82) is 0 Å². The molecule has 2 aromatic carbocycles. The molecule has 0 fully saturated rings. The van der Waals surface area contributed by atoms with Gasteiger partial charge in [0.1, 0.15) is 23.9 Å². The number of hydrogen-bond acceptors (Lipinski definition) is 6. The predicted molar refractivity (Wildman–Crippen MR) is 110 cm³/mol. The number of nitrogens with zero attached hydrogens (tertiary/aromatic N) is 1. The maximum atomic E-state index is 12.4. The molecule has 1 N–H and O–H groups in total. The molecule has 0 bridgehead atoms. The van der Waals surface area contributed by atoms with Gasteiger partial charge >= 0.3 is 0 Å². The number of rotatable bonds is 9. The quantitative estimate of drug-likeness (QED) is 0.501. The maximum absolute atomic E-state index is 12.4. The van der Waals surface area contributed by atoms with Crippen LogP contribution < -0.4 is 24.4 Å². The molecule has 0 radical (unpaired) electrons. The molecule has 1 aliphatic rings. The van der Waals surface area contributed by atoms with Gasteiger partial charge in [-0.3, -0.25) is 14.4 Å². The van der Waals surface area contributed by atoms with Crippen LogP contribution in [0.15, 0.2) is 42.5 Å². The van der Waals surface area contributed by atoms with Crippen molar-refractivity contribution in [2.24, 2.45) is 0 Å². The van der Waals surface area contributed by atoms with Gasteiger partial charge in [0.25, 0.3) is 5.91 Å². The molecule has 2 aromatic rings. The molecule has 0 aromatic heterocycles. The first-order valence-electron chi connectivity index (χ1n) is 9.58. The molecule has 158 valence electrons. The van der Waals surface area contributed by atoms with Gasteiger partial charge in [0, 0.05) is 25.5 Å². The average Bonchev–Trinajstić information content (AvgIpc) is 2.77. The predicted octanol–water partition coefficient (Wildman–Crippen LogP) is 2.21. The van der Waals surface area contributed by atoms with Crippen LogP contribution in [-0.4, -0.2) is 51.5 Å². The minimum Gasteiger partial charge on any atom is -0.497 e. The summed E-state index contributed by atoms with van der Waals surface area (Å²) in [6, 6.07) is 12.1. The topological polar surface area (TPSA) is 94.2 Å². The third kappa shape index (κ3) is 5.28. The zero-order valence-corrected chi connectivity index (χ0v) is 17.0. The van der Waals surface area contributed by atoms with E-state index >= 15 is 0 Å². The van der Waals surface area contributed by atoms with Gasteiger partial charge in [-0.1, -0.05) is 0 Å². The molecule has 8 nitrogen and oxygen atoms in total. The summed E-state index contributed by atoms with van der Waals surface area (Å²) in [5.74, 6) is 1.40. The lowest BCUT2D eigenvalue weighted by Crippen LogP contribution is -2.35. The normalized spacial score (nSPS) is 12.6. The van der Waals surface area contributed by atoms with Crippen molar-refractivity contribution in [1.82, 2.24) is 5.32 Å². The summed E-state index contributed by atoms with van der Waals surface area (Å²) in [5.41, 5.74) is 0.992. The molecular weight excluding hydrogens is 388 g/mol. The summed E-state index contributed by atoms with van der Waals surface area (Å²) in [7, 11) is 3.23. The van der Waals surface area contributed by atoms with Gasteiger partial charge in [-0.15, -0.1) is 0 Å². The van der Waals surface area contributed by atoms with Gasteiger partial charge < -0.3 is 24.4 Å². The molecule has 0 aliphatic carbocycles. The van der Waals surface area contributed by atoms with E-state index in [0.29, 0.717) is 35.9 Å². The number of hydrogen-bond donors (Lipinski definition) is 1. The largest absolute Gasteiger partial charge is 0.497 e. The molecular formula is C22H24N2O6. The minimum atomic E-state index is -0.227. The van der Waals surface area contributed by atoms with Gasteiger partial charge in [0.05, 0.1) is 19.3 Å². The molecule has 1 heterocycles. The Kier molecular flexibility index (Phi) is 6.90. The molecule has 1 aliphatic heterocycles. The number of fused-ring (bicyclic) bond motifs is 1. The summed E-state index contributed by atoms with van der Waals surface area (Å²) in [6.45, 7) is 0.637. The lowest BCUT2D eigenvalue weighted by molar-refractivity contribution is -0.121. The lowest BCUT2D eigenvalue weighted by Gasteiger charge is -2.26. The number of nitrogens with one attached hydrogen (secondary N) is 1. The number of ether oxygens (including phenoxy) is 3. The summed E-state index contributed by atoms with van der Waals surface area (Å²) >= 11 is 0. The Hall–Kier alpha value is -3.55. The van der Waals surface area contributed by atoms with Crippen LogP contribution in [0, 0.1) is 0 Å². The van der Waals surface area contributed by atoms with Crippen molar-refractivity contribution in [2.75, 3.05) is 38.8 Å². The zero-order valence-electron chi connectivity index (χ0n) is 17.0. The smallest absolute Gasteiger partial charge is 0.264 e. The van der Waals surface area contributed by atoms with E-state index in [9.17, 15) is 14.4 Å². The molecule has 0 saturated heterocycles. The summed E-state index contributed by atoms with van der Waals surface area (Å²) in [4.78, 5) is 37.6. The van der Waals surface area contributed by atoms with Crippen LogP contribution in [-0.2, 0) is 9.59 Å². The lowest BCUT2D eigenvalue weighted by atomic mass is 10.0. The number of carbonyl (C=O) groups is 3. The number of Topliss-reactive ketones (excluding diaryl/α,β-unsaturated/α-hetero) is 1. The van der Waals surface area contributed by atoms with Crippen LogP contribution >= 0.6 is 0 Å². The Labute approximate surface area is 174 Å². The van der Waals surface area contributed by atoms with E-state index in [4.69, 9.17) is 14.2 Å². The van der Waals surface area contributed by atoms with Crippen LogP contribution in [0.5, 0.6) is 17.2 Å². The van der Waals surface area contributed by atoms with E-state index in [2.05, 4.69) is 5.32 Å². The highest BCUT2D eigenvalue weighted by Crippen LogP contribution is 2.32. The molecule has 2 amide bonds. The van der Waals surface area contributed by atoms with E-state index in [1.807, 2.05) is 0 Å². The number of methoxy groups -OCH3 is 1. The fraction of sp³-hybridized carbons (Fsp3) is 0.318. The van der Waals surface area contributed by atoms with Gasteiger partial charge in [-0.25, -0.2) is 0 Å². The van der Waals surface area contributed by atoms with E-state index in [1.54, 1.807) is 56.6 Å². The summed E-state index contributed by atoms with van der Waals surface area (Å²) < 4.78 is 16.0. The Morgan fingerprint density at radius 1 is 1.10 bits per heavy atom. The van der Waals surface area contributed by atoms with Crippen LogP contribution in [0.2, 0.25) is 0 Å². The van der Waals surface area contributed by atoms with E-state index < -0.39 is 0 Å². The Bertz CT molecular complexity index is 926. The number of benzene rings is 2. The number of anilines is 1. The summed E-state index contributed by atoms with van der Waals surface area (Å²) in [6.07, 6.45) is 0.145. The second-order valence-electron chi connectivity index (χ2n) is 6.72. The van der Waals surface area contributed by atoms with Crippen molar-refractivity contribution in [3.8, 4) is 17.2 Å². The Balaban J connectivity index is 1.41. The highest BCUT2D eigenvalue weighted by molar-refractivity contribution is 6.02. The van der Waals surface area contributed by atoms with Crippen molar-refractivity contribution in [3.05, 3.63) is 48.0 Å². The molecule has 3 rings (SSSR count). The standard InChI is InChI=1S/C22H24N2O6/c1-24-18-13-15(3-9-20(18)30-14-22(24)27)19(25)8-10-21(26)23-11-12-29-17-6-4-16(28-2)5-7-17/h3-7,9,13H,8,10-12,14H2,1-2H3,(H,23,26). The molecule has 0 spiro atoms. The fourth-order valence-corrected chi connectivity index (χ4v) is 2.94. The van der Waals surface area contributed by atoms with Crippen molar-refractivity contribution < 1.29 is 28.6 Å². The molecule has 0 unspecified atom stereocenters. The third-order valence-electron chi connectivity index (χ3n) is 4.70. The van der Waals surface area contributed by atoms with Gasteiger partial charge in [-0.05, 0) is 42.5 Å². The minimum absolute atomic E-state index is 0.0147. The van der Waals surface area contributed by atoms with Gasteiger partial charge in [0.2, 0.25) is 5.91 Å². The van der Waals surface area contributed by atoms with Crippen LogP contribution in [0.25, 0.3) is 0 Å². The summed E-state index contributed by atoms with van der Waals surface area (Å²) in [5, 5.41) is 2.73. The highest BCUT2D eigenvalue weighted by Gasteiger charge is 2.23. The second kappa shape index (κ2) is 9.78. The number of ketones is 1. The van der Waals surface area contributed by atoms with E-state index in [-0.39, 0.29) is 37.0 Å². The number of amides is 2. The van der Waals surface area contributed by atoms with Crippen LogP contribution in [0.4, 0.5) is 5.69 Å². The first-order chi connectivity index (χ1) is 14.5. The highest BCUT2D eigenvalue weighted by atomic mass is 16.5. The van der Waals surface area contributed by atoms with Gasteiger partial charge in [0.15, 0.2) is 12.4 Å². The van der Waals surface area contributed by atoms with E-state index in [1.165, 1.54) is 4.90 Å². The van der Waals surface area contributed by atoms with Gasteiger partial charge in [-0.2, -0.15) is 0 Å². The van der Waals surface area contributed by atoms with Crippen molar-refractivity contribution in [3.63, 3.8) is 0 Å². The molecule has 0 atom stereocenters. The van der Waals surface area contributed by atoms with Crippen molar-refractivity contribution >= 4 is 23.3 Å². The molecule has 30 heavy (non-hydrogen) atoms. The number of likely N-dealkylation sites (N-methyl/N-ethyl adjacent to an activating group) is 1. The van der Waals surface area contributed by atoms with Crippen LogP contribution in [0.3, 0.4) is 0 Å². The molecule has 0 saturated carbocycles. The zero-order chi connectivity index (χ0) is 21.5. The van der Waals surface area contributed by atoms with E-state index in [0.717, 1.165) is 5.75 Å². The number of carbonyl (C=O) groups excluding carboxylic acids is 3. The SMILES string of the molecule is COc1ccc(OCCNC(=O)CCC(=O)c2ccc3c(c2)N(C)C(=O)CO3)cc1. The monoisotopic (exact) mass is 412 g/mol. The third-order valence-corrected chi connectivity index (χ3v) is 4.70. The first kappa shape index (κ1) is 21.2. The van der Waals surface area contributed by atoms with Crippen molar-refractivity contribution in [2.45, 2.75) is 12.8 Å². The first-order valence-corrected chi connectivity index (χ1v) is 9.58. The molecule has 8 heteroatoms. The maximum Gasteiger partial charge on any atom is 0.264 e. The second-order valence-corrected chi connectivity index (χ2v) is 6.72. The van der Waals surface area contributed by atoms with Crippen LogP contribution in [0.1, 0.15) is 23.2 Å². The Morgan fingerprint density at radius 3 is 2.57 bits per heavy atom. The average molecular weight is 412 g/mol.